The fourth-order valence-electron chi connectivity index (χ4n) is 4.47. The molecule has 5 rings (SSSR count). The van der Waals surface area contributed by atoms with E-state index in [0.29, 0.717) is 30.9 Å². The van der Waals surface area contributed by atoms with Crippen LogP contribution in [-0.2, 0) is 21.2 Å². The lowest BCUT2D eigenvalue weighted by molar-refractivity contribution is -0.119. The van der Waals surface area contributed by atoms with E-state index in [-0.39, 0.29) is 22.6 Å². The van der Waals surface area contributed by atoms with Gasteiger partial charge in [0.05, 0.1) is 4.90 Å². The van der Waals surface area contributed by atoms with Crippen LogP contribution in [0.5, 0.6) is 0 Å². The van der Waals surface area contributed by atoms with Crippen LogP contribution in [-0.4, -0.2) is 44.2 Å². The van der Waals surface area contributed by atoms with E-state index in [2.05, 4.69) is 5.32 Å². The molecule has 32 heavy (non-hydrogen) atoms. The predicted octanol–water partition coefficient (Wildman–Crippen LogP) is 3.41. The number of carbonyl (C=O) groups is 2. The third kappa shape index (κ3) is 4.04. The third-order valence-corrected chi connectivity index (χ3v) is 8.41. The van der Waals surface area contributed by atoms with Crippen molar-refractivity contribution >= 4 is 33.2 Å². The molecule has 3 aliphatic rings. The maximum atomic E-state index is 12.8. The van der Waals surface area contributed by atoms with Gasteiger partial charge >= 0.3 is 0 Å². The molecule has 168 valence electrons. The number of nitrogens with one attached hydrogen (secondary N) is 1. The van der Waals surface area contributed by atoms with Crippen LogP contribution in [0.1, 0.15) is 48.0 Å². The Hall–Kier alpha value is -2.71. The summed E-state index contributed by atoms with van der Waals surface area (Å²) in [6.07, 6.45) is 5.57. The van der Waals surface area contributed by atoms with Crippen molar-refractivity contribution in [1.29, 1.82) is 0 Å². The number of piperidine rings is 1. The fraction of sp³-hybridized carbons (Fsp3) is 0.417. The van der Waals surface area contributed by atoms with Crippen LogP contribution < -0.4 is 10.2 Å². The highest BCUT2D eigenvalue weighted by atomic mass is 32.2. The third-order valence-electron chi connectivity index (χ3n) is 6.50. The number of anilines is 2. The molecular weight excluding hydrogens is 426 g/mol. The smallest absolute Gasteiger partial charge is 0.255 e. The molecule has 1 saturated carbocycles. The first-order valence-corrected chi connectivity index (χ1v) is 12.7. The van der Waals surface area contributed by atoms with Crippen molar-refractivity contribution in [1.82, 2.24) is 4.31 Å². The second kappa shape index (κ2) is 8.33. The summed E-state index contributed by atoms with van der Waals surface area (Å²) in [5, 5.41) is 2.88. The van der Waals surface area contributed by atoms with E-state index in [1.54, 1.807) is 12.1 Å². The van der Waals surface area contributed by atoms with Crippen molar-refractivity contribution in [3.8, 4) is 0 Å². The van der Waals surface area contributed by atoms with Gasteiger partial charge in [0.15, 0.2) is 0 Å². The standard InChI is InChI=1S/C24H27N3O4S/c28-23(18-7-10-21(11-8-18)32(30,31)26-13-2-1-3-14-26)25-20-9-6-17-12-15-27(22(17)16-20)24(29)19-4-5-19/h6-11,16,19H,1-5,12-15H2,(H,25,28). The first-order chi connectivity index (χ1) is 15.4. The minimum Gasteiger partial charge on any atom is -0.322 e. The number of nitrogens with zero attached hydrogens (tertiary/aromatic N) is 2. The van der Waals surface area contributed by atoms with Gasteiger partial charge in [0.25, 0.3) is 5.91 Å². The average Bonchev–Trinajstić information content (AvgIpc) is 3.59. The number of benzene rings is 2. The second-order valence-corrected chi connectivity index (χ2v) is 10.7. The quantitative estimate of drug-likeness (QED) is 0.752. The molecule has 7 nitrogen and oxygen atoms in total. The largest absolute Gasteiger partial charge is 0.322 e. The van der Waals surface area contributed by atoms with Crippen LogP contribution in [0.3, 0.4) is 0 Å². The van der Waals surface area contributed by atoms with E-state index in [4.69, 9.17) is 0 Å². The first-order valence-electron chi connectivity index (χ1n) is 11.3. The maximum Gasteiger partial charge on any atom is 0.255 e. The summed E-state index contributed by atoms with van der Waals surface area (Å²) in [6, 6.07) is 11.7. The monoisotopic (exact) mass is 453 g/mol. The van der Waals surface area contributed by atoms with Crippen LogP contribution in [0.25, 0.3) is 0 Å². The number of hydrogen-bond donors (Lipinski definition) is 1. The van der Waals surface area contributed by atoms with Crippen LogP contribution in [0, 0.1) is 5.92 Å². The average molecular weight is 454 g/mol. The van der Waals surface area contributed by atoms with Gasteiger partial charge in [-0.1, -0.05) is 12.5 Å². The molecule has 0 aromatic heterocycles. The minimum atomic E-state index is -3.52. The normalized spacial score (nSPS) is 18.9. The van der Waals surface area contributed by atoms with Crippen molar-refractivity contribution in [2.24, 2.45) is 5.92 Å². The number of carbonyl (C=O) groups excluding carboxylic acids is 2. The van der Waals surface area contributed by atoms with Crippen LogP contribution in [0.4, 0.5) is 11.4 Å². The molecule has 0 atom stereocenters. The Morgan fingerprint density at radius 1 is 0.906 bits per heavy atom. The van der Waals surface area contributed by atoms with Gasteiger partial charge in [-0.3, -0.25) is 9.59 Å². The van der Waals surface area contributed by atoms with E-state index in [0.717, 1.165) is 49.8 Å². The molecule has 0 spiro atoms. The van der Waals surface area contributed by atoms with Gasteiger partial charge in [-0.15, -0.1) is 0 Å². The van der Waals surface area contributed by atoms with E-state index in [9.17, 15) is 18.0 Å². The molecule has 2 aliphatic heterocycles. The lowest BCUT2D eigenvalue weighted by atomic mass is 10.1. The summed E-state index contributed by atoms with van der Waals surface area (Å²) in [5.41, 5.74) is 3.00. The summed E-state index contributed by atoms with van der Waals surface area (Å²) in [5.74, 6) is 0.0154. The van der Waals surface area contributed by atoms with Gasteiger partial charge in [-0.05, 0) is 74.1 Å². The van der Waals surface area contributed by atoms with Gasteiger partial charge in [-0.25, -0.2) is 8.42 Å². The van der Waals surface area contributed by atoms with Crippen molar-refractivity contribution in [2.45, 2.75) is 43.4 Å². The molecule has 2 amide bonds. The molecule has 8 heteroatoms. The Bertz CT molecular complexity index is 1150. The minimum absolute atomic E-state index is 0.152. The number of fused-ring (bicyclic) bond motifs is 1. The fourth-order valence-corrected chi connectivity index (χ4v) is 5.99. The lowest BCUT2D eigenvalue weighted by Gasteiger charge is -2.25. The highest BCUT2D eigenvalue weighted by Crippen LogP contribution is 2.37. The van der Waals surface area contributed by atoms with Crippen LogP contribution >= 0.6 is 0 Å². The van der Waals surface area contributed by atoms with Gasteiger partial charge in [-0.2, -0.15) is 4.31 Å². The molecule has 2 aromatic carbocycles. The van der Waals surface area contributed by atoms with Crippen molar-refractivity contribution in [3.05, 3.63) is 53.6 Å². The van der Waals surface area contributed by atoms with Crippen molar-refractivity contribution in [3.63, 3.8) is 0 Å². The van der Waals surface area contributed by atoms with E-state index in [1.165, 1.54) is 16.4 Å². The van der Waals surface area contributed by atoms with Gasteiger partial charge in [0.2, 0.25) is 15.9 Å². The van der Waals surface area contributed by atoms with Gasteiger partial charge < -0.3 is 10.2 Å². The second-order valence-electron chi connectivity index (χ2n) is 8.80. The molecule has 2 heterocycles. The summed E-state index contributed by atoms with van der Waals surface area (Å²) in [4.78, 5) is 27.3. The Morgan fingerprint density at radius 2 is 1.62 bits per heavy atom. The summed E-state index contributed by atoms with van der Waals surface area (Å²) >= 11 is 0. The summed E-state index contributed by atoms with van der Waals surface area (Å²) in [6.45, 7) is 1.78. The molecule has 0 radical (unpaired) electrons. The Kier molecular flexibility index (Phi) is 5.51. The highest BCUT2D eigenvalue weighted by Gasteiger charge is 2.36. The number of sulfonamides is 1. The molecule has 2 aromatic rings. The SMILES string of the molecule is O=C(Nc1ccc2c(c1)N(C(=O)C1CC1)CC2)c1ccc(S(=O)(=O)N2CCCCC2)cc1. The van der Waals surface area contributed by atoms with Crippen LogP contribution in [0.2, 0.25) is 0 Å². The van der Waals surface area contributed by atoms with Crippen LogP contribution in [0.15, 0.2) is 47.4 Å². The Labute approximate surface area is 188 Å². The molecule has 0 bridgehead atoms. The number of amides is 2. The zero-order chi connectivity index (χ0) is 22.3. The maximum absolute atomic E-state index is 12.8. The lowest BCUT2D eigenvalue weighted by Crippen LogP contribution is -2.35. The predicted molar refractivity (Wildman–Crippen MR) is 122 cm³/mol. The van der Waals surface area contributed by atoms with E-state index >= 15 is 0 Å². The van der Waals surface area contributed by atoms with E-state index in [1.807, 2.05) is 23.1 Å². The molecule has 1 N–H and O–H groups in total. The Balaban J connectivity index is 1.29. The molecule has 0 unspecified atom stereocenters. The number of rotatable bonds is 5. The molecule has 1 saturated heterocycles. The summed E-state index contributed by atoms with van der Waals surface area (Å²) in [7, 11) is -3.52. The number of hydrogen-bond acceptors (Lipinski definition) is 4. The Morgan fingerprint density at radius 3 is 2.31 bits per heavy atom. The highest BCUT2D eigenvalue weighted by molar-refractivity contribution is 7.89. The van der Waals surface area contributed by atoms with Crippen molar-refractivity contribution < 1.29 is 18.0 Å². The summed E-state index contributed by atoms with van der Waals surface area (Å²) < 4.78 is 27.1. The van der Waals surface area contributed by atoms with Crippen molar-refractivity contribution in [2.75, 3.05) is 29.9 Å². The molecule has 2 fully saturated rings. The molecular formula is C24H27N3O4S. The zero-order valence-electron chi connectivity index (χ0n) is 17.9. The topological polar surface area (TPSA) is 86.8 Å². The zero-order valence-corrected chi connectivity index (χ0v) is 18.7. The molecule has 1 aliphatic carbocycles. The first kappa shape index (κ1) is 21.2. The van der Waals surface area contributed by atoms with Gasteiger partial charge in [0.1, 0.15) is 0 Å². The van der Waals surface area contributed by atoms with E-state index < -0.39 is 10.0 Å². The van der Waals surface area contributed by atoms with Gasteiger partial charge in [0, 0.05) is 42.5 Å².